The Labute approximate surface area is 249 Å². The zero-order chi connectivity index (χ0) is 30.2. The van der Waals surface area contributed by atoms with Crippen LogP contribution < -0.4 is 10.6 Å². The molecule has 0 saturated heterocycles. The summed E-state index contributed by atoms with van der Waals surface area (Å²) < 4.78 is 15.8. The van der Waals surface area contributed by atoms with Crippen LogP contribution in [0.5, 0.6) is 0 Å². The molecule has 6 rings (SSSR count). The number of pyridine rings is 2. The summed E-state index contributed by atoms with van der Waals surface area (Å²) >= 11 is 0. The summed E-state index contributed by atoms with van der Waals surface area (Å²) in [5, 5.41) is 36.6. The van der Waals surface area contributed by atoms with Crippen LogP contribution in [0.2, 0.25) is 0 Å². The van der Waals surface area contributed by atoms with Gasteiger partial charge >= 0.3 is 0 Å². The SMILES string of the molecule is CC(C)(C)CNc1c(C#N)cnc2c(C#N)cc(NC(c3ccc(F)cc3)c3cn(C4(c5ccncc5)CC4)nn3)cc12. The monoisotopic (exact) mass is 571 g/mol. The molecule has 3 aromatic heterocycles. The molecule has 10 heteroatoms. The van der Waals surface area contributed by atoms with E-state index in [0.29, 0.717) is 45.6 Å². The molecule has 0 aliphatic heterocycles. The molecular weight excluding hydrogens is 541 g/mol. The average Bonchev–Trinajstić information content (AvgIpc) is 3.68. The molecule has 1 saturated carbocycles. The number of nitrogens with one attached hydrogen (secondary N) is 2. The minimum atomic E-state index is -0.510. The summed E-state index contributed by atoms with van der Waals surface area (Å²) in [6.07, 6.45) is 8.84. The Bertz CT molecular complexity index is 1870. The molecule has 0 spiro atoms. The summed E-state index contributed by atoms with van der Waals surface area (Å²) in [6, 6.07) is 17.8. The third kappa shape index (κ3) is 5.47. The van der Waals surface area contributed by atoms with E-state index in [2.05, 4.69) is 63.8 Å². The number of rotatable bonds is 8. The van der Waals surface area contributed by atoms with Crippen LogP contribution in [0.15, 0.2) is 73.3 Å². The molecule has 1 aliphatic carbocycles. The molecule has 0 amide bonds. The Morgan fingerprint density at radius 3 is 2.40 bits per heavy atom. The van der Waals surface area contributed by atoms with E-state index >= 15 is 0 Å². The third-order valence-corrected chi connectivity index (χ3v) is 7.71. The van der Waals surface area contributed by atoms with Gasteiger partial charge in [-0.1, -0.05) is 38.1 Å². The maximum Gasteiger partial charge on any atom is 0.123 e. The maximum atomic E-state index is 13.9. The normalized spacial score (nSPS) is 14.5. The summed E-state index contributed by atoms with van der Waals surface area (Å²) in [6.45, 7) is 6.92. The van der Waals surface area contributed by atoms with Crippen LogP contribution in [0.4, 0.5) is 15.8 Å². The lowest BCUT2D eigenvalue weighted by Crippen LogP contribution is -2.20. The Hall–Kier alpha value is -5.35. The van der Waals surface area contributed by atoms with Gasteiger partial charge in [0.1, 0.15) is 23.6 Å². The molecule has 2 N–H and O–H groups in total. The molecule has 43 heavy (non-hydrogen) atoms. The largest absolute Gasteiger partial charge is 0.383 e. The van der Waals surface area contributed by atoms with Gasteiger partial charge in [0.2, 0.25) is 0 Å². The van der Waals surface area contributed by atoms with Crippen molar-refractivity contribution in [2.45, 2.75) is 45.2 Å². The van der Waals surface area contributed by atoms with Crippen molar-refractivity contribution in [3.8, 4) is 12.1 Å². The maximum absolute atomic E-state index is 13.9. The number of anilines is 2. The number of nitriles is 2. The zero-order valence-corrected chi connectivity index (χ0v) is 24.1. The first-order chi connectivity index (χ1) is 20.7. The Morgan fingerprint density at radius 1 is 1.02 bits per heavy atom. The van der Waals surface area contributed by atoms with Crippen LogP contribution >= 0.6 is 0 Å². The average molecular weight is 572 g/mol. The van der Waals surface area contributed by atoms with E-state index in [1.165, 1.54) is 18.3 Å². The van der Waals surface area contributed by atoms with Gasteiger partial charge in [-0.2, -0.15) is 10.5 Å². The summed E-state index contributed by atoms with van der Waals surface area (Å²) in [7, 11) is 0. The van der Waals surface area contributed by atoms with E-state index in [4.69, 9.17) is 0 Å². The van der Waals surface area contributed by atoms with Crippen LogP contribution in [0.25, 0.3) is 10.9 Å². The molecule has 3 heterocycles. The minimum absolute atomic E-state index is 0.0507. The van der Waals surface area contributed by atoms with Crippen LogP contribution in [0.1, 0.15) is 67.6 Å². The topological polar surface area (TPSA) is 128 Å². The van der Waals surface area contributed by atoms with Crippen molar-refractivity contribution in [1.82, 2.24) is 25.0 Å². The predicted molar refractivity (Wildman–Crippen MR) is 162 cm³/mol. The van der Waals surface area contributed by atoms with Gasteiger partial charge in [-0.05, 0) is 65.8 Å². The molecule has 0 radical (unpaired) electrons. The minimum Gasteiger partial charge on any atom is -0.383 e. The number of nitrogens with zero attached hydrogens (tertiary/aromatic N) is 7. The Kier molecular flexibility index (Phi) is 6.99. The van der Waals surface area contributed by atoms with Gasteiger partial charge in [-0.3, -0.25) is 9.97 Å². The van der Waals surface area contributed by atoms with Gasteiger partial charge in [0, 0.05) is 36.2 Å². The second-order valence-corrected chi connectivity index (χ2v) is 12.1. The predicted octanol–water partition coefficient (Wildman–Crippen LogP) is 6.30. The third-order valence-electron chi connectivity index (χ3n) is 7.71. The highest BCUT2D eigenvalue weighted by atomic mass is 19.1. The van der Waals surface area contributed by atoms with Crippen LogP contribution in [0.3, 0.4) is 0 Å². The number of hydrogen-bond acceptors (Lipinski definition) is 8. The van der Waals surface area contributed by atoms with Gasteiger partial charge in [0.25, 0.3) is 0 Å². The van der Waals surface area contributed by atoms with Crippen molar-refractivity contribution in [3.63, 3.8) is 0 Å². The van der Waals surface area contributed by atoms with E-state index in [-0.39, 0.29) is 16.8 Å². The fraction of sp³-hybridized carbons (Fsp3) is 0.273. The molecule has 5 aromatic rings. The van der Waals surface area contributed by atoms with Crippen molar-refractivity contribution in [2.24, 2.45) is 5.41 Å². The molecule has 0 bridgehead atoms. The lowest BCUT2D eigenvalue weighted by atomic mass is 9.96. The number of benzene rings is 2. The van der Waals surface area contributed by atoms with Gasteiger partial charge < -0.3 is 10.6 Å². The highest BCUT2D eigenvalue weighted by Crippen LogP contribution is 2.49. The lowest BCUT2D eigenvalue weighted by molar-refractivity contribution is 0.443. The lowest BCUT2D eigenvalue weighted by Gasteiger charge is -2.22. The van der Waals surface area contributed by atoms with Crippen LogP contribution in [-0.2, 0) is 5.54 Å². The molecule has 1 atom stereocenters. The van der Waals surface area contributed by atoms with Crippen molar-refractivity contribution in [2.75, 3.05) is 17.2 Å². The molecule has 9 nitrogen and oxygen atoms in total. The first-order valence-corrected chi connectivity index (χ1v) is 14.1. The van der Waals surface area contributed by atoms with E-state index < -0.39 is 6.04 Å². The van der Waals surface area contributed by atoms with Gasteiger partial charge in [0.15, 0.2) is 0 Å². The molecular formula is C33H30FN9. The summed E-state index contributed by atoms with van der Waals surface area (Å²) in [5.74, 6) is -0.345. The molecule has 214 valence electrons. The van der Waals surface area contributed by atoms with E-state index in [9.17, 15) is 14.9 Å². The molecule has 1 fully saturated rings. The van der Waals surface area contributed by atoms with Crippen molar-refractivity contribution in [1.29, 1.82) is 10.5 Å². The molecule has 1 aliphatic rings. The number of aromatic nitrogens is 5. The molecule has 2 aromatic carbocycles. The standard InChI is InChI=1S/C33H30FN9/c1-32(2,3)20-39-30-23(17-36)18-38-29-22(16-35)14-26(15-27(29)30)40-31(21-4-6-25(34)7-5-21)28-19-43(42-41-28)33(10-11-33)24-8-12-37-13-9-24/h4-9,12-15,18-19,31,40H,10-11,20H2,1-3H3,(H,38,39). The van der Waals surface area contributed by atoms with E-state index in [1.807, 2.05) is 29.1 Å². The van der Waals surface area contributed by atoms with Gasteiger partial charge in [-0.15, -0.1) is 5.10 Å². The summed E-state index contributed by atoms with van der Waals surface area (Å²) in [4.78, 5) is 8.60. The van der Waals surface area contributed by atoms with Gasteiger partial charge in [0.05, 0.1) is 40.1 Å². The van der Waals surface area contributed by atoms with Crippen molar-refractivity contribution in [3.05, 3.63) is 107 Å². The highest BCUT2D eigenvalue weighted by Gasteiger charge is 2.47. The van der Waals surface area contributed by atoms with E-state index in [0.717, 1.165) is 24.0 Å². The number of fused-ring (bicyclic) bond motifs is 1. The Balaban J connectivity index is 1.44. The second kappa shape index (κ2) is 10.8. The quantitative estimate of drug-likeness (QED) is 0.222. The first kappa shape index (κ1) is 27.8. The number of hydrogen-bond donors (Lipinski definition) is 2. The summed E-state index contributed by atoms with van der Waals surface area (Å²) in [5.41, 5.74) is 4.71. The van der Waals surface area contributed by atoms with Crippen LogP contribution in [-0.4, -0.2) is 31.5 Å². The van der Waals surface area contributed by atoms with Crippen molar-refractivity contribution < 1.29 is 4.39 Å². The molecule has 1 unspecified atom stereocenters. The fourth-order valence-electron chi connectivity index (χ4n) is 5.30. The highest BCUT2D eigenvalue weighted by molar-refractivity contribution is 5.99. The van der Waals surface area contributed by atoms with Crippen LogP contribution in [0, 0.1) is 33.9 Å². The smallest absolute Gasteiger partial charge is 0.123 e. The number of halogens is 1. The van der Waals surface area contributed by atoms with Crippen molar-refractivity contribution >= 4 is 22.3 Å². The fourth-order valence-corrected chi connectivity index (χ4v) is 5.30. The first-order valence-electron chi connectivity index (χ1n) is 14.1. The van der Waals surface area contributed by atoms with Gasteiger partial charge in [-0.25, -0.2) is 9.07 Å². The Morgan fingerprint density at radius 2 is 1.74 bits per heavy atom. The second-order valence-electron chi connectivity index (χ2n) is 12.1. The van der Waals surface area contributed by atoms with E-state index in [1.54, 1.807) is 30.6 Å². The zero-order valence-electron chi connectivity index (χ0n) is 24.1.